The molecule has 3 rings (SSSR count). The largest absolute Gasteiger partial charge is 0.338 e. The molecule has 1 aliphatic rings. The number of hydrogen-bond acceptors (Lipinski definition) is 2. The van der Waals surface area contributed by atoms with E-state index in [0.29, 0.717) is 13.1 Å². The molecule has 1 aliphatic heterocycles. The van der Waals surface area contributed by atoms with Gasteiger partial charge in [0.05, 0.1) is 0 Å². The van der Waals surface area contributed by atoms with Crippen LogP contribution in [0.5, 0.6) is 0 Å². The zero-order valence-corrected chi connectivity index (χ0v) is 14.5. The first-order chi connectivity index (χ1) is 11.6. The van der Waals surface area contributed by atoms with Gasteiger partial charge in [0, 0.05) is 32.0 Å². The Morgan fingerprint density at radius 3 is 2.83 bits per heavy atom. The first-order valence-electron chi connectivity index (χ1n) is 8.64. The molecular weight excluding hydrogens is 298 g/mol. The van der Waals surface area contributed by atoms with Gasteiger partial charge in [-0.05, 0) is 67.5 Å². The number of carbonyl (C=O) groups excluding carboxylic acids is 1. The number of hydrogen-bond donors (Lipinski definition) is 1. The Morgan fingerprint density at radius 1 is 1.25 bits per heavy atom. The molecule has 0 radical (unpaired) electrons. The van der Waals surface area contributed by atoms with Crippen LogP contribution in [-0.4, -0.2) is 29.0 Å². The highest BCUT2D eigenvalue weighted by molar-refractivity contribution is 5.74. The molecule has 2 amide bonds. The zero-order valence-electron chi connectivity index (χ0n) is 14.5. The van der Waals surface area contributed by atoms with E-state index in [-0.39, 0.29) is 6.03 Å². The van der Waals surface area contributed by atoms with Crippen molar-refractivity contribution in [3.05, 3.63) is 64.5 Å². The molecule has 2 heterocycles. The second kappa shape index (κ2) is 7.47. The Balaban J connectivity index is 1.49. The summed E-state index contributed by atoms with van der Waals surface area (Å²) in [6.07, 6.45) is 6.47. The molecular formula is C20H25N3O. The van der Waals surface area contributed by atoms with Crippen LogP contribution in [0.4, 0.5) is 4.79 Å². The normalized spacial score (nSPS) is 13.5. The lowest BCUT2D eigenvalue weighted by Gasteiger charge is -2.30. The van der Waals surface area contributed by atoms with Gasteiger partial charge in [-0.3, -0.25) is 4.98 Å². The maximum Gasteiger partial charge on any atom is 0.317 e. The Hall–Kier alpha value is -2.36. The van der Waals surface area contributed by atoms with Crippen molar-refractivity contribution in [1.29, 1.82) is 0 Å². The summed E-state index contributed by atoms with van der Waals surface area (Å²) >= 11 is 0. The predicted molar refractivity (Wildman–Crippen MR) is 96.0 cm³/mol. The number of urea groups is 1. The molecule has 4 heteroatoms. The van der Waals surface area contributed by atoms with Crippen molar-refractivity contribution in [1.82, 2.24) is 15.2 Å². The van der Waals surface area contributed by atoms with Crippen molar-refractivity contribution in [3.63, 3.8) is 0 Å². The molecule has 0 fully saturated rings. The Morgan fingerprint density at radius 2 is 2.04 bits per heavy atom. The van der Waals surface area contributed by atoms with Crippen molar-refractivity contribution in [3.8, 4) is 0 Å². The van der Waals surface area contributed by atoms with Gasteiger partial charge in [-0.25, -0.2) is 4.79 Å². The van der Waals surface area contributed by atoms with Crippen LogP contribution in [0, 0.1) is 13.8 Å². The average Bonchev–Trinajstić information content (AvgIpc) is 2.58. The number of aromatic nitrogens is 1. The van der Waals surface area contributed by atoms with Crippen LogP contribution in [0.15, 0.2) is 36.7 Å². The molecule has 4 nitrogen and oxygen atoms in total. The van der Waals surface area contributed by atoms with Gasteiger partial charge >= 0.3 is 6.03 Å². The summed E-state index contributed by atoms with van der Waals surface area (Å²) in [6.45, 7) is 6.50. The highest BCUT2D eigenvalue weighted by Crippen LogP contribution is 2.23. The van der Waals surface area contributed by atoms with E-state index in [4.69, 9.17) is 0 Å². The number of pyridine rings is 1. The molecule has 0 spiro atoms. The zero-order chi connectivity index (χ0) is 16.9. The maximum atomic E-state index is 12.4. The third-order valence-corrected chi connectivity index (χ3v) is 4.66. The van der Waals surface area contributed by atoms with Crippen molar-refractivity contribution < 1.29 is 4.79 Å². The van der Waals surface area contributed by atoms with Crippen LogP contribution in [0.25, 0.3) is 0 Å². The standard InChI is InChI=1S/C20H25N3O/c1-15-12-16(2)19-7-11-23(14-18(19)13-15)20(24)22-8-3-4-17-5-9-21-10-6-17/h5-6,9-10,12-13H,3-4,7-8,11,14H2,1-2H3,(H,22,24). The van der Waals surface area contributed by atoms with Crippen LogP contribution in [-0.2, 0) is 19.4 Å². The second-order valence-electron chi connectivity index (χ2n) is 6.58. The average molecular weight is 323 g/mol. The van der Waals surface area contributed by atoms with Crippen molar-refractivity contribution >= 4 is 6.03 Å². The molecule has 0 atom stereocenters. The lowest BCUT2D eigenvalue weighted by Crippen LogP contribution is -2.43. The fourth-order valence-corrected chi connectivity index (χ4v) is 3.44. The van der Waals surface area contributed by atoms with Gasteiger partial charge in [0.1, 0.15) is 0 Å². The quantitative estimate of drug-likeness (QED) is 0.877. The van der Waals surface area contributed by atoms with Crippen LogP contribution in [0.3, 0.4) is 0 Å². The summed E-state index contributed by atoms with van der Waals surface area (Å²) in [7, 11) is 0. The van der Waals surface area contributed by atoms with E-state index < -0.39 is 0 Å². The first-order valence-corrected chi connectivity index (χ1v) is 8.64. The molecule has 0 saturated heterocycles. The molecule has 24 heavy (non-hydrogen) atoms. The number of aryl methyl sites for hydroxylation is 3. The van der Waals surface area contributed by atoms with Gasteiger partial charge in [-0.2, -0.15) is 0 Å². The molecule has 0 bridgehead atoms. The maximum absolute atomic E-state index is 12.4. The topological polar surface area (TPSA) is 45.2 Å². The van der Waals surface area contributed by atoms with Gasteiger partial charge in [-0.15, -0.1) is 0 Å². The van der Waals surface area contributed by atoms with Crippen LogP contribution >= 0.6 is 0 Å². The van der Waals surface area contributed by atoms with Gasteiger partial charge < -0.3 is 10.2 Å². The minimum atomic E-state index is 0.0505. The predicted octanol–water partition coefficient (Wildman–Crippen LogP) is 3.40. The summed E-state index contributed by atoms with van der Waals surface area (Å²) in [4.78, 5) is 18.3. The van der Waals surface area contributed by atoms with Crippen LogP contribution < -0.4 is 5.32 Å². The molecule has 0 saturated carbocycles. The minimum Gasteiger partial charge on any atom is -0.338 e. The number of fused-ring (bicyclic) bond motifs is 1. The number of nitrogens with one attached hydrogen (secondary N) is 1. The number of nitrogens with zero attached hydrogens (tertiary/aromatic N) is 2. The van der Waals surface area contributed by atoms with E-state index in [1.807, 2.05) is 29.4 Å². The van der Waals surface area contributed by atoms with E-state index in [1.165, 1.54) is 27.8 Å². The monoisotopic (exact) mass is 323 g/mol. The van der Waals surface area contributed by atoms with E-state index in [1.54, 1.807) is 0 Å². The van der Waals surface area contributed by atoms with E-state index in [0.717, 1.165) is 25.8 Å². The molecule has 0 unspecified atom stereocenters. The fourth-order valence-electron chi connectivity index (χ4n) is 3.44. The molecule has 1 aromatic heterocycles. The Bertz CT molecular complexity index is 712. The van der Waals surface area contributed by atoms with Crippen molar-refractivity contribution in [2.45, 2.75) is 39.7 Å². The lowest BCUT2D eigenvalue weighted by molar-refractivity contribution is 0.192. The number of amides is 2. The van der Waals surface area contributed by atoms with Gasteiger partial charge in [0.2, 0.25) is 0 Å². The summed E-state index contributed by atoms with van der Waals surface area (Å²) in [5.74, 6) is 0. The second-order valence-corrected chi connectivity index (χ2v) is 6.58. The highest BCUT2D eigenvalue weighted by atomic mass is 16.2. The summed E-state index contributed by atoms with van der Waals surface area (Å²) in [5, 5.41) is 3.05. The van der Waals surface area contributed by atoms with Crippen LogP contribution in [0.1, 0.15) is 34.2 Å². The lowest BCUT2D eigenvalue weighted by atomic mass is 9.93. The SMILES string of the molecule is Cc1cc(C)c2c(c1)CN(C(=O)NCCCc1ccncc1)CC2. The summed E-state index contributed by atoms with van der Waals surface area (Å²) < 4.78 is 0. The van der Waals surface area contributed by atoms with Crippen molar-refractivity contribution in [2.75, 3.05) is 13.1 Å². The van der Waals surface area contributed by atoms with Gasteiger partial charge in [0.25, 0.3) is 0 Å². The number of benzene rings is 1. The van der Waals surface area contributed by atoms with E-state index in [2.05, 4.69) is 36.3 Å². The van der Waals surface area contributed by atoms with E-state index in [9.17, 15) is 4.79 Å². The highest BCUT2D eigenvalue weighted by Gasteiger charge is 2.21. The molecule has 0 aliphatic carbocycles. The first kappa shape index (κ1) is 16.5. The molecule has 1 aromatic carbocycles. The third kappa shape index (κ3) is 3.94. The Kier molecular flexibility index (Phi) is 5.14. The summed E-state index contributed by atoms with van der Waals surface area (Å²) in [6, 6.07) is 8.54. The molecule has 126 valence electrons. The smallest absolute Gasteiger partial charge is 0.317 e. The minimum absolute atomic E-state index is 0.0505. The van der Waals surface area contributed by atoms with Crippen molar-refractivity contribution in [2.24, 2.45) is 0 Å². The van der Waals surface area contributed by atoms with E-state index >= 15 is 0 Å². The number of rotatable bonds is 4. The van der Waals surface area contributed by atoms with Gasteiger partial charge in [0.15, 0.2) is 0 Å². The molecule has 2 aromatic rings. The Labute approximate surface area is 143 Å². The fraction of sp³-hybridized carbons (Fsp3) is 0.400. The number of carbonyl (C=O) groups is 1. The van der Waals surface area contributed by atoms with Crippen LogP contribution in [0.2, 0.25) is 0 Å². The van der Waals surface area contributed by atoms with Gasteiger partial charge in [-0.1, -0.05) is 17.7 Å². The molecule has 1 N–H and O–H groups in total. The third-order valence-electron chi connectivity index (χ3n) is 4.66. The summed E-state index contributed by atoms with van der Waals surface area (Å²) in [5.41, 5.74) is 6.60.